The Balaban J connectivity index is 1.08. The van der Waals surface area contributed by atoms with E-state index in [0.29, 0.717) is 5.82 Å². The first kappa shape index (κ1) is 32.0. The first-order chi connectivity index (χ1) is 27.8. The van der Waals surface area contributed by atoms with Crippen molar-refractivity contribution in [1.82, 2.24) is 15.0 Å². The normalized spacial score (nSPS) is 13.1. The van der Waals surface area contributed by atoms with Gasteiger partial charge in [-0.05, 0) is 87.0 Å². The minimum atomic E-state index is -0.503. The molecule has 0 unspecified atom stereocenters. The van der Waals surface area contributed by atoms with Crippen molar-refractivity contribution in [1.29, 1.82) is 0 Å². The monoisotopic (exact) mass is 714 g/mol. The molecule has 1 aliphatic heterocycles. The fourth-order valence-corrected chi connectivity index (χ4v) is 9.03. The highest BCUT2D eigenvalue weighted by atomic mass is 15.2. The average Bonchev–Trinajstić information content (AvgIpc) is 3.58. The molecule has 56 heavy (non-hydrogen) atoms. The topological polar surface area (TPSA) is 41.9 Å². The van der Waals surface area contributed by atoms with E-state index < -0.39 is 5.41 Å². The van der Waals surface area contributed by atoms with Crippen LogP contribution in [0.25, 0.3) is 56.3 Å². The van der Waals surface area contributed by atoms with E-state index in [1.54, 1.807) is 6.20 Å². The van der Waals surface area contributed by atoms with Gasteiger partial charge < -0.3 is 4.90 Å². The van der Waals surface area contributed by atoms with Gasteiger partial charge in [0.1, 0.15) is 5.69 Å². The fourth-order valence-electron chi connectivity index (χ4n) is 9.03. The standard InChI is InChI=1S/C52H34N4/c1-3-16-36(17-4-1)46-34-47(55-51(54-46)45-26-13-14-33-53-45)37-31-29-35(30-32-37)39-21-15-25-44-50(39)40-20-7-8-22-41(40)52(44)42-23-9-11-27-48(42)56(38-18-5-2-6-19-38)49-28-12-10-24-43(49)52/h1-34H. The number of para-hydroxylation sites is 3. The highest BCUT2D eigenvalue weighted by Crippen LogP contribution is 2.64. The quantitative estimate of drug-likeness (QED) is 0.178. The van der Waals surface area contributed by atoms with E-state index in [1.807, 2.05) is 36.4 Å². The van der Waals surface area contributed by atoms with Gasteiger partial charge in [-0.3, -0.25) is 4.98 Å². The first-order valence-corrected chi connectivity index (χ1v) is 19.0. The van der Waals surface area contributed by atoms with Gasteiger partial charge >= 0.3 is 0 Å². The van der Waals surface area contributed by atoms with Crippen molar-refractivity contribution in [2.45, 2.75) is 5.41 Å². The lowest BCUT2D eigenvalue weighted by molar-refractivity contribution is 0.753. The predicted molar refractivity (Wildman–Crippen MR) is 227 cm³/mol. The number of anilines is 3. The van der Waals surface area contributed by atoms with Crippen LogP contribution in [0.15, 0.2) is 206 Å². The molecule has 0 saturated carbocycles. The minimum absolute atomic E-state index is 0.503. The lowest BCUT2D eigenvalue weighted by atomic mass is 9.64. The number of benzene rings is 7. The average molecular weight is 715 g/mol. The largest absolute Gasteiger partial charge is 0.310 e. The predicted octanol–water partition coefficient (Wildman–Crippen LogP) is 12.7. The second-order valence-corrected chi connectivity index (χ2v) is 14.3. The number of nitrogens with zero attached hydrogens (tertiary/aromatic N) is 4. The number of hydrogen-bond donors (Lipinski definition) is 0. The van der Waals surface area contributed by atoms with Gasteiger partial charge in [0.15, 0.2) is 5.82 Å². The third-order valence-electron chi connectivity index (χ3n) is 11.4. The van der Waals surface area contributed by atoms with Gasteiger partial charge in [0.05, 0.1) is 28.2 Å². The van der Waals surface area contributed by atoms with Crippen LogP contribution in [0.5, 0.6) is 0 Å². The third-order valence-corrected chi connectivity index (χ3v) is 11.4. The summed E-state index contributed by atoms with van der Waals surface area (Å²) in [5.41, 5.74) is 17.6. The highest BCUT2D eigenvalue weighted by Gasteiger charge is 2.52. The van der Waals surface area contributed by atoms with Crippen LogP contribution in [-0.2, 0) is 5.41 Å². The molecule has 4 nitrogen and oxygen atoms in total. The maximum Gasteiger partial charge on any atom is 0.179 e. The number of fused-ring (bicyclic) bond motifs is 9. The molecule has 0 radical (unpaired) electrons. The molecule has 262 valence electrons. The van der Waals surface area contributed by atoms with E-state index in [1.165, 1.54) is 50.3 Å². The molecular weight excluding hydrogens is 681 g/mol. The summed E-state index contributed by atoms with van der Waals surface area (Å²) in [6, 6.07) is 71.6. The lowest BCUT2D eigenvalue weighted by Gasteiger charge is -2.45. The SMILES string of the molecule is c1ccc(-c2cc(-c3ccc(-c4cccc5c4-c4ccccc4C54c5ccccc5N(c5ccccc5)c5ccccc54)cc3)nc(-c3ccccn3)n2)cc1. The summed E-state index contributed by atoms with van der Waals surface area (Å²) in [6.45, 7) is 0. The Morgan fingerprint density at radius 2 is 0.911 bits per heavy atom. The maximum absolute atomic E-state index is 5.04. The minimum Gasteiger partial charge on any atom is -0.310 e. The molecule has 7 aromatic carbocycles. The Morgan fingerprint density at radius 3 is 1.59 bits per heavy atom. The van der Waals surface area contributed by atoms with Gasteiger partial charge in [0, 0.05) is 23.0 Å². The summed E-state index contributed by atoms with van der Waals surface area (Å²) < 4.78 is 0. The Hall–Kier alpha value is -7.43. The summed E-state index contributed by atoms with van der Waals surface area (Å²) in [6.07, 6.45) is 1.78. The molecule has 0 fully saturated rings. The van der Waals surface area contributed by atoms with Gasteiger partial charge in [-0.15, -0.1) is 0 Å². The van der Waals surface area contributed by atoms with E-state index in [4.69, 9.17) is 9.97 Å². The summed E-state index contributed by atoms with van der Waals surface area (Å²) >= 11 is 0. The molecule has 0 atom stereocenters. The van der Waals surface area contributed by atoms with Crippen LogP contribution in [0, 0.1) is 0 Å². The number of aromatic nitrogens is 3. The zero-order valence-electron chi connectivity index (χ0n) is 30.4. The van der Waals surface area contributed by atoms with Gasteiger partial charge in [0.2, 0.25) is 0 Å². The number of pyridine rings is 1. The van der Waals surface area contributed by atoms with Crippen LogP contribution in [0.2, 0.25) is 0 Å². The summed E-state index contributed by atoms with van der Waals surface area (Å²) in [4.78, 5) is 17.0. The van der Waals surface area contributed by atoms with E-state index >= 15 is 0 Å². The van der Waals surface area contributed by atoms with Crippen molar-refractivity contribution >= 4 is 17.1 Å². The van der Waals surface area contributed by atoms with E-state index in [9.17, 15) is 0 Å². The van der Waals surface area contributed by atoms with Crippen molar-refractivity contribution in [2.75, 3.05) is 4.90 Å². The molecule has 2 aromatic heterocycles. The second-order valence-electron chi connectivity index (χ2n) is 14.3. The molecule has 0 saturated heterocycles. The van der Waals surface area contributed by atoms with E-state index in [-0.39, 0.29) is 0 Å². The molecule has 3 heterocycles. The van der Waals surface area contributed by atoms with Crippen LogP contribution in [0.4, 0.5) is 17.1 Å². The summed E-state index contributed by atoms with van der Waals surface area (Å²) in [7, 11) is 0. The molecule has 0 N–H and O–H groups in total. The first-order valence-electron chi connectivity index (χ1n) is 19.0. The molecule has 1 aliphatic carbocycles. The molecule has 2 aliphatic rings. The summed E-state index contributed by atoms with van der Waals surface area (Å²) in [5.74, 6) is 0.604. The molecule has 9 aromatic rings. The van der Waals surface area contributed by atoms with Gasteiger partial charge in [-0.25, -0.2) is 9.97 Å². The zero-order valence-corrected chi connectivity index (χ0v) is 30.4. The van der Waals surface area contributed by atoms with Crippen molar-refractivity contribution in [3.05, 3.63) is 229 Å². The molecule has 0 amide bonds. The van der Waals surface area contributed by atoms with Crippen molar-refractivity contribution in [2.24, 2.45) is 0 Å². The highest BCUT2D eigenvalue weighted by molar-refractivity contribution is 6.00. The van der Waals surface area contributed by atoms with E-state index in [0.717, 1.165) is 39.5 Å². The summed E-state index contributed by atoms with van der Waals surface area (Å²) in [5, 5.41) is 0. The molecule has 1 spiro atoms. The maximum atomic E-state index is 5.04. The smallest absolute Gasteiger partial charge is 0.179 e. The molecular formula is C52H34N4. The Labute approximate surface area is 326 Å². The van der Waals surface area contributed by atoms with Crippen LogP contribution >= 0.6 is 0 Å². The number of rotatable bonds is 5. The second kappa shape index (κ2) is 12.9. The zero-order chi connectivity index (χ0) is 37.1. The Morgan fingerprint density at radius 1 is 0.375 bits per heavy atom. The van der Waals surface area contributed by atoms with Crippen LogP contribution in [0.3, 0.4) is 0 Å². The van der Waals surface area contributed by atoms with Crippen molar-refractivity contribution in [3.63, 3.8) is 0 Å². The molecule has 4 heteroatoms. The van der Waals surface area contributed by atoms with Crippen molar-refractivity contribution in [3.8, 4) is 56.3 Å². The van der Waals surface area contributed by atoms with E-state index in [2.05, 4.69) is 174 Å². The van der Waals surface area contributed by atoms with Gasteiger partial charge in [0.25, 0.3) is 0 Å². The molecule has 0 bridgehead atoms. The lowest BCUT2D eigenvalue weighted by Crippen LogP contribution is -2.36. The Bertz CT molecular complexity index is 2800. The van der Waals surface area contributed by atoms with Crippen LogP contribution in [0.1, 0.15) is 22.3 Å². The van der Waals surface area contributed by atoms with Crippen molar-refractivity contribution < 1.29 is 0 Å². The van der Waals surface area contributed by atoms with Crippen LogP contribution in [-0.4, -0.2) is 15.0 Å². The molecule has 11 rings (SSSR count). The Kier molecular flexibility index (Phi) is 7.36. The van der Waals surface area contributed by atoms with Gasteiger partial charge in [-0.2, -0.15) is 0 Å². The number of hydrogen-bond acceptors (Lipinski definition) is 4. The fraction of sp³-hybridized carbons (Fsp3) is 0.0192. The third kappa shape index (κ3) is 4.83. The van der Waals surface area contributed by atoms with Gasteiger partial charge in [-0.1, -0.05) is 158 Å². The van der Waals surface area contributed by atoms with Crippen LogP contribution < -0.4 is 4.90 Å².